The van der Waals surface area contributed by atoms with E-state index in [-0.39, 0.29) is 5.75 Å². The maximum Gasteiger partial charge on any atom is 0.186 e. The summed E-state index contributed by atoms with van der Waals surface area (Å²) in [4.78, 5) is 3.54. The number of aromatic hydroxyl groups is 1. The van der Waals surface area contributed by atoms with Gasteiger partial charge in [0.1, 0.15) is 6.20 Å². The molecule has 0 aromatic carbocycles. The van der Waals surface area contributed by atoms with Gasteiger partial charge in [0.15, 0.2) is 11.5 Å². The molecule has 0 aliphatic rings. The Hall–Kier alpha value is -1.25. The van der Waals surface area contributed by atoms with E-state index in [0.717, 1.165) is 0 Å². The van der Waals surface area contributed by atoms with Crippen molar-refractivity contribution >= 4 is 0 Å². The van der Waals surface area contributed by atoms with Crippen molar-refractivity contribution in [1.29, 1.82) is 0 Å². The van der Waals surface area contributed by atoms with Gasteiger partial charge >= 0.3 is 0 Å². The minimum atomic E-state index is -0.0556. The zero-order chi connectivity index (χ0) is 6.69. The third kappa shape index (κ3) is 1.10. The van der Waals surface area contributed by atoms with Crippen LogP contribution in [0, 0.1) is 6.20 Å². The Labute approximate surface area is 52.9 Å². The molecule has 0 atom stereocenters. The molecule has 1 aromatic rings. The van der Waals surface area contributed by atoms with Gasteiger partial charge < -0.3 is 9.84 Å². The van der Waals surface area contributed by atoms with E-state index >= 15 is 0 Å². The molecule has 0 aliphatic carbocycles. The van der Waals surface area contributed by atoms with Gasteiger partial charge in [-0.2, -0.15) is 0 Å². The average Bonchev–Trinajstić information content (AvgIpc) is 1.89. The second-order valence-corrected chi connectivity index (χ2v) is 1.47. The molecule has 0 bridgehead atoms. The number of ether oxygens (including phenoxy) is 1. The van der Waals surface area contributed by atoms with E-state index in [1.165, 1.54) is 13.3 Å². The van der Waals surface area contributed by atoms with Crippen LogP contribution in [0.3, 0.4) is 0 Å². The van der Waals surface area contributed by atoms with Crippen LogP contribution in [0.4, 0.5) is 0 Å². The van der Waals surface area contributed by atoms with Crippen LogP contribution in [0.25, 0.3) is 0 Å². The fourth-order valence-corrected chi connectivity index (χ4v) is 0.502. The Morgan fingerprint density at radius 3 is 3.00 bits per heavy atom. The zero-order valence-electron chi connectivity index (χ0n) is 4.96. The molecular formula is C6H6NO2. The Kier molecular flexibility index (Phi) is 1.53. The molecule has 1 aromatic heterocycles. The largest absolute Gasteiger partial charge is 0.503 e. The number of hydrogen-bond donors (Lipinski definition) is 1. The van der Waals surface area contributed by atoms with Crippen molar-refractivity contribution in [1.82, 2.24) is 4.98 Å². The number of hydrogen-bond acceptors (Lipinski definition) is 3. The maximum atomic E-state index is 8.87. The van der Waals surface area contributed by atoms with Crippen LogP contribution < -0.4 is 4.74 Å². The van der Waals surface area contributed by atoms with Crippen molar-refractivity contribution in [2.45, 2.75) is 0 Å². The summed E-state index contributed by atoms with van der Waals surface area (Å²) in [5, 5.41) is 8.87. The molecular weight excluding hydrogens is 118 g/mol. The Bertz CT molecular complexity index is 200. The molecule has 1 radical (unpaired) electrons. The van der Waals surface area contributed by atoms with Crippen LogP contribution in [0.1, 0.15) is 0 Å². The number of pyridine rings is 1. The van der Waals surface area contributed by atoms with Crippen molar-refractivity contribution in [2.24, 2.45) is 0 Å². The molecule has 47 valence electrons. The highest BCUT2D eigenvalue weighted by atomic mass is 16.5. The monoisotopic (exact) mass is 124 g/mol. The summed E-state index contributed by atoms with van der Waals surface area (Å²) in [6, 6.07) is 1.56. The van der Waals surface area contributed by atoms with Crippen LogP contribution in [-0.2, 0) is 0 Å². The first kappa shape index (κ1) is 5.88. The predicted octanol–water partition coefficient (Wildman–Crippen LogP) is 0.596. The molecule has 0 saturated carbocycles. The summed E-state index contributed by atoms with van der Waals surface area (Å²) in [5.74, 6) is 0.338. The molecule has 0 saturated heterocycles. The third-order valence-corrected chi connectivity index (χ3v) is 0.924. The smallest absolute Gasteiger partial charge is 0.186 e. The Balaban J connectivity index is 3.01. The molecule has 1 N–H and O–H groups in total. The second-order valence-electron chi connectivity index (χ2n) is 1.47. The third-order valence-electron chi connectivity index (χ3n) is 0.924. The molecule has 1 heterocycles. The van der Waals surface area contributed by atoms with Gasteiger partial charge in [0.2, 0.25) is 0 Å². The first-order valence-corrected chi connectivity index (χ1v) is 2.44. The van der Waals surface area contributed by atoms with E-state index < -0.39 is 0 Å². The van der Waals surface area contributed by atoms with Gasteiger partial charge in [-0.15, -0.1) is 0 Å². The molecule has 0 unspecified atom stereocenters. The lowest BCUT2D eigenvalue weighted by molar-refractivity contribution is 0.371. The number of aromatic nitrogens is 1. The van der Waals surface area contributed by atoms with Gasteiger partial charge in [0, 0.05) is 12.3 Å². The first-order valence-electron chi connectivity index (χ1n) is 2.44. The molecule has 3 nitrogen and oxygen atoms in total. The SMILES string of the molecule is COc1ccn[c]c1O. The van der Waals surface area contributed by atoms with Crippen molar-refractivity contribution in [3.05, 3.63) is 18.5 Å². The topological polar surface area (TPSA) is 42.4 Å². The van der Waals surface area contributed by atoms with Gasteiger partial charge in [-0.25, -0.2) is 0 Å². The summed E-state index contributed by atoms with van der Waals surface area (Å²) < 4.78 is 4.72. The van der Waals surface area contributed by atoms with E-state index in [4.69, 9.17) is 9.84 Å². The van der Waals surface area contributed by atoms with Crippen LogP contribution in [0.15, 0.2) is 12.3 Å². The summed E-state index contributed by atoms with van der Waals surface area (Å²) in [6.45, 7) is 0. The van der Waals surface area contributed by atoms with Crippen molar-refractivity contribution < 1.29 is 9.84 Å². The molecule has 0 fully saturated rings. The fourth-order valence-electron chi connectivity index (χ4n) is 0.502. The van der Waals surface area contributed by atoms with Gasteiger partial charge in [-0.3, -0.25) is 4.98 Å². The van der Waals surface area contributed by atoms with Crippen molar-refractivity contribution in [3.8, 4) is 11.5 Å². The van der Waals surface area contributed by atoms with Crippen LogP contribution >= 0.6 is 0 Å². The normalized spacial score (nSPS) is 9.00. The quantitative estimate of drug-likeness (QED) is 0.596. The van der Waals surface area contributed by atoms with Gasteiger partial charge in [-0.05, 0) is 0 Å². The Morgan fingerprint density at radius 2 is 2.56 bits per heavy atom. The molecule has 0 aliphatic heterocycles. The van der Waals surface area contributed by atoms with E-state index in [1.54, 1.807) is 6.07 Å². The molecule has 9 heavy (non-hydrogen) atoms. The summed E-state index contributed by atoms with van der Waals surface area (Å²) in [6.07, 6.45) is 3.83. The lowest BCUT2D eigenvalue weighted by Gasteiger charge is -1.97. The van der Waals surface area contributed by atoms with Gasteiger partial charge in [0.05, 0.1) is 7.11 Å². The number of nitrogens with zero attached hydrogens (tertiary/aromatic N) is 1. The van der Waals surface area contributed by atoms with Crippen molar-refractivity contribution in [3.63, 3.8) is 0 Å². The fraction of sp³-hybridized carbons (Fsp3) is 0.167. The lowest BCUT2D eigenvalue weighted by atomic mass is 10.4. The van der Waals surface area contributed by atoms with Crippen molar-refractivity contribution in [2.75, 3.05) is 7.11 Å². The molecule has 0 spiro atoms. The first-order chi connectivity index (χ1) is 4.34. The summed E-state index contributed by atoms with van der Waals surface area (Å²) in [7, 11) is 1.48. The minimum absolute atomic E-state index is 0.0556. The predicted molar refractivity (Wildman–Crippen MR) is 31.3 cm³/mol. The highest BCUT2D eigenvalue weighted by Crippen LogP contribution is 2.20. The van der Waals surface area contributed by atoms with Crippen LogP contribution in [-0.4, -0.2) is 17.2 Å². The molecule has 1 rings (SSSR count). The van der Waals surface area contributed by atoms with E-state index in [0.29, 0.717) is 5.75 Å². The molecule has 3 heteroatoms. The minimum Gasteiger partial charge on any atom is -0.503 e. The molecule has 0 amide bonds. The average molecular weight is 124 g/mol. The van der Waals surface area contributed by atoms with Gasteiger partial charge in [-0.1, -0.05) is 0 Å². The second kappa shape index (κ2) is 2.35. The lowest BCUT2D eigenvalue weighted by Crippen LogP contribution is -1.83. The zero-order valence-corrected chi connectivity index (χ0v) is 4.96. The highest BCUT2D eigenvalue weighted by molar-refractivity contribution is 5.33. The Morgan fingerprint density at radius 1 is 1.78 bits per heavy atom. The standard InChI is InChI=1S/C6H6NO2/c1-9-6-2-3-7-4-5(6)8/h2-3,8H,1H3. The highest BCUT2D eigenvalue weighted by Gasteiger charge is 1.96. The van der Waals surface area contributed by atoms with E-state index in [1.807, 2.05) is 0 Å². The number of methoxy groups -OCH3 is 1. The van der Waals surface area contributed by atoms with Crippen LogP contribution in [0.5, 0.6) is 11.5 Å². The van der Waals surface area contributed by atoms with Crippen LogP contribution in [0.2, 0.25) is 0 Å². The van der Waals surface area contributed by atoms with E-state index in [9.17, 15) is 0 Å². The summed E-state index contributed by atoms with van der Waals surface area (Å²) in [5.41, 5.74) is 0. The maximum absolute atomic E-state index is 8.87. The van der Waals surface area contributed by atoms with Gasteiger partial charge in [0.25, 0.3) is 0 Å². The summed E-state index contributed by atoms with van der Waals surface area (Å²) >= 11 is 0. The number of rotatable bonds is 1. The van der Waals surface area contributed by atoms with E-state index in [2.05, 4.69) is 11.2 Å².